The number of fused-ring (bicyclic) bond motifs is 1. The molecule has 1 saturated heterocycles. The number of aromatic nitrogens is 2. The summed E-state index contributed by atoms with van der Waals surface area (Å²) in [4.78, 5) is 22.1. The van der Waals surface area contributed by atoms with E-state index in [-0.39, 0.29) is 30.7 Å². The van der Waals surface area contributed by atoms with Gasteiger partial charge in [0.1, 0.15) is 0 Å². The first kappa shape index (κ1) is 22.9. The van der Waals surface area contributed by atoms with Gasteiger partial charge in [0.2, 0.25) is 12.7 Å². The van der Waals surface area contributed by atoms with Gasteiger partial charge in [0, 0.05) is 37.9 Å². The molecule has 0 N–H and O–H groups in total. The van der Waals surface area contributed by atoms with E-state index in [1.165, 1.54) is 11.1 Å². The van der Waals surface area contributed by atoms with Crippen LogP contribution in [-0.4, -0.2) is 71.8 Å². The molecule has 33 heavy (non-hydrogen) atoms. The number of carbonyl (C=O) groups is 1. The summed E-state index contributed by atoms with van der Waals surface area (Å²) in [5.41, 5.74) is 1.17. The minimum Gasteiger partial charge on any atom is -0.454 e. The average molecular weight is 480 g/mol. The number of halogens is 7. The molecule has 2 aromatic rings. The van der Waals surface area contributed by atoms with Gasteiger partial charge >= 0.3 is 18.0 Å². The Morgan fingerprint density at radius 2 is 1.58 bits per heavy atom. The van der Waals surface area contributed by atoms with Crippen LogP contribution in [0.15, 0.2) is 30.5 Å². The molecular weight excluding hydrogens is 465 g/mol. The van der Waals surface area contributed by atoms with Gasteiger partial charge in [-0.1, -0.05) is 0 Å². The Morgan fingerprint density at radius 3 is 2.24 bits per heavy atom. The van der Waals surface area contributed by atoms with Crippen molar-refractivity contribution in [1.29, 1.82) is 0 Å². The number of ether oxygens (including phenoxy) is 2. The highest BCUT2D eigenvalue weighted by molar-refractivity contribution is 5.85. The maximum atomic E-state index is 13.7. The van der Waals surface area contributed by atoms with E-state index in [0.717, 1.165) is 0 Å². The average Bonchev–Trinajstić information content (AvgIpc) is 3.26. The monoisotopic (exact) mass is 480 g/mol. The molecule has 0 unspecified atom stereocenters. The number of carbonyl (C=O) groups excluding carboxylic acids is 1. The maximum absolute atomic E-state index is 13.7. The first-order chi connectivity index (χ1) is 15.4. The van der Waals surface area contributed by atoms with Crippen LogP contribution in [-0.2, 0) is 4.79 Å². The third-order valence-corrected chi connectivity index (χ3v) is 5.18. The summed E-state index contributed by atoms with van der Waals surface area (Å²) >= 11 is 0. The lowest BCUT2D eigenvalue weighted by atomic mass is 10.1. The van der Waals surface area contributed by atoms with Crippen molar-refractivity contribution in [3.8, 4) is 22.8 Å². The van der Waals surface area contributed by atoms with Gasteiger partial charge in [-0.05, 0) is 24.3 Å². The number of piperazine rings is 1. The van der Waals surface area contributed by atoms with Crippen LogP contribution >= 0.6 is 0 Å². The molecule has 2 aliphatic rings. The van der Waals surface area contributed by atoms with E-state index >= 15 is 0 Å². The summed E-state index contributed by atoms with van der Waals surface area (Å²) < 4.78 is 101. The Kier molecular flexibility index (Phi) is 5.48. The molecule has 0 radical (unpaired) electrons. The fourth-order valence-electron chi connectivity index (χ4n) is 3.34. The Bertz CT molecular complexity index is 1060. The molecule has 7 nitrogen and oxygen atoms in total. The summed E-state index contributed by atoms with van der Waals surface area (Å²) in [6, 6.07) is 6.74. The summed E-state index contributed by atoms with van der Waals surface area (Å²) in [5.74, 6) is -13.7. The van der Waals surface area contributed by atoms with E-state index in [4.69, 9.17) is 9.47 Å². The number of alkyl halides is 7. The standard InChI is InChI=1S/C19H15F7N4O3/c20-17(21,18(22,23)19(24,25)26)15(31)29-5-7-30(8-6-29)16-27-4-3-12(28-16)11-1-2-13-14(9-11)33-10-32-13/h1-4,9H,5-8,10H2. The van der Waals surface area contributed by atoms with Crippen molar-refractivity contribution in [3.05, 3.63) is 30.5 Å². The fraction of sp³-hybridized carbons (Fsp3) is 0.421. The fourth-order valence-corrected chi connectivity index (χ4v) is 3.34. The van der Waals surface area contributed by atoms with E-state index in [2.05, 4.69) is 9.97 Å². The Labute approximate surface area is 181 Å². The van der Waals surface area contributed by atoms with Crippen molar-refractivity contribution in [2.75, 3.05) is 37.9 Å². The van der Waals surface area contributed by atoms with Gasteiger partial charge in [-0.2, -0.15) is 30.7 Å². The molecule has 1 fully saturated rings. The van der Waals surface area contributed by atoms with Crippen molar-refractivity contribution in [3.63, 3.8) is 0 Å². The van der Waals surface area contributed by atoms with Crippen molar-refractivity contribution in [2.45, 2.75) is 18.0 Å². The van der Waals surface area contributed by atoms with Gasteiger partial charge in [0.25, 0.3) is 5.91 Å². The molecule has 2 aliphatic heterocycles. The molecule has 178 valence electrons. The number of anilines is 1. The van der Waals surface area contributed by atoms with Crippen molar-refractivity contribution < 1.29 is 45.0 Å². The molecule has 0 atom stereocenters. The second-order valence-electron chi connectivity index (χ2n) is 7.24. The minimum atomic E-state index is -6.57. The molecule has 0 aliphatic carbocycles. The minimum absolute atomic E-state index is 0.0881. The second-order valence-corrected chi connectivity index (χ2v) is 7.24. The number of benzene rings is 1. The Balaban J connectivity index is 1.45. The molecular formula is C19H15F7N4O3. The lowest BCUT2D eigenvalue weighted by Gasteiger charge is -2.37. The van der Waals surface area contributed by atoms with Crippen LogP contribution in [0, 0.1) is 0 Å². The molecule has 3 heterocycles. The van der Waals surface area contributed by atoms with Gasteiger partial charge in [-0.15, -0.1) is 0 Å². The normalized spacial score (nSPS) is 16.8. The van der Waals surface area contributed by atoms with Crippen LogP contribution in [0.4, 0.5) is 36.7 Å². The molecule has 1 aromatic carbocycles. The Morgan fingerprint density at radius 1 is 0.909 bits per heavy atom. The van der Waals surface area contributed by atoms with Crippen LogP contribution in [0.5, 0.6) is 11.5 Å². The van der Waals surface area contributed by atoms with Gasteiger partial charge in [0.15, 0.2) is 11.5 Å². The quantitative estimate of drug-likeness (QED) is 0.626. The summed E-state index contributed by atoms with van der Waals surface area (Å²) in [7, 11) is 0. The van der Waals surface area contributed by atoms with Crippen LogP contribution in [0.2, 0.25) is 0 Å². The number of hydrogen-bond donors (Lipinski definition) is 0. The van der Waals surface area contributed by atoms with E-state index < -0.39 is 37.0 Å². The molecule has 0 saturated carbocycles. The van der Waals surface area contributed by atoms with Gasteiger partial charge in [0.05, 0.1) is 5.69 Å². The first-order valence-corrected chi connectivity index (χ1v) is 9.51. The molecule has 14 heteroatoms. The summed E-state index contributed by atoms with van der Waals surface area (Å²) in [5, 5.41) is 0. The third kappa shape index (κ3) is 3.97. The molecule has 4 rings (SSSR count). The largest absolute Gasteiger partial charge is 0.460 e. The van der Waals surface area contributed by atoms with E-state index in [1.807, 2.05) is 0 Å². The van der Waals surface area contributed by atoms with Crippen molar-refractivity contribution in [2.24, 2.45) is 0 Å². The lowest BCUT2D eigenvalue weighted by Crippen LogP contribution is -2.62. The van der Waals surface area contributed by atoms with Gasteiger partial charge in [-0.3, -0.25) is 4.79 Å². The number of nitrogens with zero attached hydrogens (tertiary/aromatic N) is 4. The molecule has 1 amide bonds. The highest BCUT2D eigenvalue weighted by Crippen LogP contribution is 2.47. The van der Waals surface area contributed by atoms with E-state index in [0.29, 0.717) is 22.8 Å². The van der Waals surface area contributed by atoms with Crippen LogP contribution in [0.1, 0.15) is 0 Å². The van der Waals surface area contributed by atoms with Crippen molar-refractivity contribution >= 4 is 11.9 Å². The van der Waals surface area contributed by atoms with E-state index in [1.54, 1.807) is 24.3 Å². The maximum Gasteiger partial charge on any atom is 0.460 e. The molecule has 0 spiro atoms. The molecule has 1 aromatic heterocycles. The van der Waals surface area contributed by atoms with Crippen molar-refractivity contribution in [1.82, 2.24) is 14.9 Å². The van der Waals surface area contributed by atoms with Crippen LogP contribution in [0.3, 0.4) is 0 Å². The van der Waals surface area contributed by atoms with Crippen LogP contribution < -0.4 is 14.4 Å². The third-order valence-electron chi connectivity index (χ3n) is 5.18. The van der Waals surface area contributed by atoms with Gasteiger partial charge in [-0.25, -0.2) is 9.97 Å². The predicted molar refractivity (Wildman–Crippen MR) is 98.3 cm³/mol. The number of rotatable bonds is 4. The Hall–Kier alpha value is -3.32. The van der Waals surface area contributed by atoms with Gasteiger partial charge < -0.3 is 19.3 Å². The predicted octanol–water partition coefficient (Wildman–Crippen LogP) is 3.35. The number of amides is 1. The lowest BCUT2D eigenvalue weighted by molar-refractivity contribution is -0.346. The SMILES string of the molecule is O=C(N1CCN(c2nccc(-c3ccc4c(c3)OCO4)n2)CC1)C(F)(F)C(F)(F)C(F)(F)F. The summed E-state index contributed by atoms with van der Waals surface area (Å²) in [6.07, 6.45) is -5.13. The summed E-state index contributed by atoms with van der Waals surface area (Å²) in [6.45, 7) is -1.24. The second kappa shape index (κ2) is 7.92. The van der Waals surface area contributed by atoms with Crippen LogP contribution in [0.25, 0.3) is 11.3 Å². The number of hydrogen-bond acceptors (Lipinski definition) is 6. The molecule has 0 bridgehead atoms. The highest BCUT2D eigenvalue weighted by Gasteiger charge is 2.76. The topological polar surface area (TPSA) is 67.8 Å². The zero-order chi connectivity index (χ0) is 24.0. The zero-order valence-electron chi connectivity index (χ0n) is 16.6. The van der Waals surface area contributed by atoms with E-state index in [9.17, 15) is 35.5 Å². The first-order valence-electron chi connectivity index (χ1n) is 9.51. The smallest absolute Gasteiger partial charge is 0.454 e. The zero-order valence-corrected chi connectivity index (χ0v) is 16.6. The highest BCUT2D eigenvalue weighted by atomic mass is 19.4.